The number of hydrogen-bond acceptors (Lipinski definition) is 20. The summed E-state index contributed by atoms with van der Waals surface area (Å²) in [6, 6.07) is 0. The van der Waals surface area contributed by atoms with Gasteiger partial charge in [0.25, 0.3) is 0 Å². The van der Waals surface area contributed by atoms with Crippen molar-refractivity contribution in [2.75, 3.05) is 13.2 Å². The molecule has 0 amide bonds. The third-order valence-electron chi connectivity index (χ3n) is 31.7. The van der Waals surface area contributed by atoms with E-state index in [0.29, 0.717) is 36.5 Å². The van der Waals surface area contributed by atoms with E-state index in [-0.39, 0.29) is 103 Å². The molecule has 14 aliphatic rings. The summed E-state index contributed by atoms with van der Waals surface area (Å²) >= 11 is 0. The van der Waals surface area contributed by atoms with Crippen molar-refractivity contribution in [2.45, 2.75) is 335 Å². The molecule has 4 spiro atoms. The molecule has 0 aromatic heterocycles. The first-order valence-corrected chi connectivity index (χ1v) is 36.6. The first-order valence-electron chi connectivity index (χ1n) is 36.6. The summed E-state index contributed by atoms with van der Waals surface area (Å²) in [6.07, 6.45) is 1.42. The van der Waals surface area contributed by atoms with Gasteiger partial charge >= 0.3 is 11.9 Å². The van der Waals surface area contributed by atoms with Gasteiger partial charge in [-0.3, -0.25) is 9.59 Å². The predicted octanol–water partition coefficient (Wildman–Crippen LogP) is 6.65. The van der Waals surface area contributed by atoms with Crippen molar-refractivity contribution in [1.29, 1.82) is 0 Å². The molecule has 14 fully saturated rings. The monoisotopic (exact) mass is 1330 g/mol. The van der Waals surface area contributed by atoms with Gasteiger partial charge in [-0.2, -0.15) is 0 Å². The van der Waals surface area contributed by atoms with Gasteiger partial charge in [-0.1, -0.05) is 69.2 Å². The third kappa shape index (κ3) is 9.71. The van der Waals surface area contributed by atoms with Crippen LogP contribution in [0.2, 0.25) is 0 Å². The highest BCUT2D eigenvalue weighted by Gasteiger charge is 2.87. The van der Waals surface area contributed by atoms with Crippen molar-refractivity contribution >= 4 is 11.9 Å². The van der Waals surface area contributed by atoms with E-state index in [0.717, 1.165) is 77.0 Å². The molecule has 0 aromatic carbocycles. The Morgan fingerprint density at radius 2 is 0.798 bits per heavy atom. The largest absolute Gasteiger partial charge is 0.457 e. The van der Waals surface area contributed by atoms with Crippen molar-refractivity contribution in [3.05, 3.63) is 0 Å². The highest BCUT2D eigenvalue weighted by atomic mass is 16.7. The van der Waals surface area contributed by atoms with Crippen LogP contribution in [-0.4, -0.2) is 198 Å². The van der Waals surface area contributed by atoms with Gasteiger partial charge in [0.1, 0.15) is 36.6 Å². The second kappa shape index (κ2) is 22.9. The highest BCUT2D eigenvalue weighted by molar-refractivity contribution is 5.66. The summed E-state index contributed by atoms with van der Waals surface area (Å²) in [5.41, 5.74) is -3.22. The molecular weight excluding hydrogens is 1210 g/mol. The maximum atomic E-state index is 12.5. The van der Waals surface area contributed by atoms with E-state index >= 15 is 0 Å². The van der Waals surface area contributed by atoms with Gasteiger partial charge in [0.15, 0.2) is 24.8 Å². The number of ether oxygens (including phenoxy) is 8. The zero-order valence-electron chi connectivity index (χ0n) is 59.3. The topological polar surface area (TPSA) is 310 Å². The second-order valence-electron chi connectivity index (χ2n) is 37.2. The standard InChI is InChI=1S/2C37H60O10/c2*1-18-15-21(30(33(5,6)43)45-19(2)38)46-28-25(18)34(7)13-14-37-17-36(37)12-11-24(47-31-27(41)26(40)20(39)16-44-31)32(3,4)22(36)9-10-23(37)35(34,8)29(28)42/h2*18,20-31,39-43H,9-17H2,1-8H3/t18-,20+,21-,22+,23+,24+,25+,26+,27-,28+,29+,30+,31+,34-,35-,36-,37+;18-,20-,21-,22+,23+,24+,25+,26+,27-,28+,29+,30+,31+,34-,35-,36-,37+/m11/s1. The number of fused-ring (bicyclic) bond motifs is 8. The third-order valence-corrected chi connectivity index (χ3v) is 31.7. The summed E-state index contributed by atoms with van der Waals surface area (Å²) in [5.74, 6) is 1.43. The van der Waals surface area contributed by atoms with Gasteiger partial charge in [-0.25, -0.2) is 0 Å². The van der Waals surface area contributed by atoms with Crippen molar-refractivity contribution < 1.29 is 98.5 Å². The number of carbonyl (C=O) groups excluding carboxylic acids is 2. The molecule has 10 aliphatic carbocycles. The van der Waals surface area contributed by atoms with Crippen LogP contribution in [0.3, 0.4) is 0 Å². The second-order valence-corrected chi connectivity index (χ2v) is 37.2. The number of rotatable bonds is 10. The molecule has 4 aliphatic heterocycles. The van der Waals surface area contributed by atoms with Gasteiger partial charge in [-0.15, -0.1) is 0 Å². The minimum atomic E-state index is -1.30. The molecule has 4 saturated heterocycles. The minimum absolute atomic E-state index is 0.0683. The van der Waals surface area contributed by atoms with Crippen LogP contribution in [0, 0.1) is 101 Å². The van der Waals surface area contributed by atoms with Gasteiger partial charge in [0.05, 0.1) is 73.2 Å². The summed E-state index contributed by atoms with van der Waals surface area (Å²) < 4.78 is 49.2. The molecule has 20 nitrogen and oxygen atoms in total. The molecule has 4 heterocycles. The van der Waals surface area contributed by atoms with E-state index in [9.17, 15) is 60.7 Å². The van der Waals surface area contributed by atoms with Crippen molar-refractivity contribution in [3.63, 3.8) is 0 Å². The van der Waals surface area contributed by atoms with Crippen LogP contribution in [0.1, 0.15) is 214 Å². The van der Waals surface area contributed by atoms with Crippen LogP contribution in [0.5, 0.6) is 0 Å². The summed E-state index contributed by atoms with van der Waals surface area (Å²) in [7, 11) is 0. The molecule has 14 rings (SSSR count). The van der Waals surface area contributed by atoms with Gasteiger partial charge in [0, 0.05) is 24.7 Å². The molecule has 94 heavy (non-hydrogen) atoms. The fourth-order valence-electron chi connectivity index (χ4n) is 27.3. The van der Waals surface area contributed by atoms with E-state index in [2.05, 4.69) is 69.2 Å². The average Bonchev–Trinajstić information content (AvgIpc) is 1.46. The Kier molecular flexibility index (Phi) is 17.2. The average molecular weight is 1330 g/mol. The predicted molar refractivity (Wildman–Crippen MR) is 341 cm³/mol. The Bertz CT molecular complexity index is 2690. The Balaban J connectivity index is 0.000000171. The molecular formula is C74H120O20. The highest BCUT2D eigenvalue weighted by Crippen LogP contribution is 2.91. The molecule has 10 saturated carbocycles. The maximum absolute atomic E-state index is 12.5. The van der Waals surface area contributed by atoms with Crippen LogP contribution in [0.25, 0.3) is 0 Å². The Morgan fingerprint density at radius 1 is 0.468 bits per heavy atom. The number of carbonyl (C=O) groups is 2. The van der Waals surface area contributed by atoms with Crippen molar-refractivity contribution in [3.8, 4) is 0 Å². The Labute approximate surface area is 557 Å². The lowest BCUT2D eigenvalue weighted by Crippen LogP contribution is -2.61. The number of hydrogen-bond donors (Lipinski definition) is 10. The molecule has 0 radical (unpaired) electrons. The summed E-state index contributed by atoms with van der Waals surface area (Å²) in [4.78, 5) is 24.1. The van der Waals surface area contributed by atoms with Gasteiger partial charge < -0.3 is 89.0 Å². The fraction of sp³-hybridized carbons (Fsp3) is 0.973. The van der Waals surface area contributed by atoms with Gasteiger partial charge in [-0.05, 0) is 221 Å². The minimum Gasteiger partial charge on any atom is -0.457 e. The number of aliphatic hydroxyl groups excluding tert-OH is 8. The molecule has 20 heteroatoms. The molecule has 34 atom stereocenters. The quantitative estimate of drug-likeness (QED) is 0.0808. The van der Waals surface area contributed by atoms with E-state index in [1.807, 2.05) is 0 Å². The summed E-state index contributed by atoms with van der Waals surface area (Å²) in [5, 5.41) is 109. The lowest BCUT2D eigenvalue weighted by atomic mass is 9.41. The van der Waals surface area contributed by atoms with E-state index in [1.165, 1.54) is 26.7 Å². The molecule has 0 unspecified atom stereocenters. The van der Waals surface area contributed by atoms with Crippen LogP contribution < -0.4 is 0 Å². The fourth-order valence-corrected chi connectivity index (χ4v) is 27.3. The van der Waals surface area contributed by atoms with Crippen molar-refractivity contribution in [2.24, 2.45) is 101 Å². The smallest absolute Gasteiger partial charge is 0.303 e. The lowest BCUT2D eigenvalue weighted by molar-refractivity contribution is -0.303. The van der Waals surface area contributed by atoms with Gasteiger partial charge in [0.2, 0.25) is 0 Å². The molecule has 10 N–H and O–H groups in total. The van der Waals surface area contributed by atoms with Crippen LogP contribution >= 0.6 is 0 Å². The number of aliphatic hydroxyl groups is 10. The van der Waals surface area contributed by atoms with Crippen LogP contribution in [0.15, 0.2) is 0 Å². The molecule has 536 valence electrons. The zero-order valence-corrected chi connectivity index (χ0v) is 59.3. The first kappa shape index (κ1) is 70.7. The summed E-state index contributed by atoms with van der Waals surface area (Å²) in [6.45, 7) is 32.4. The van der Waals surface area contributed by atoms with E-state index < -0.39 is 121 Å². The first-order chi connectivity index (χ1) is 43.5. The molecule has 0 aromatic rings. The number of esters is 2. The lowest BCUT2D eigenvalue weighted by Gasteiger charge is -2.64. The van der Waals surface area contributed by atoms with E-state index in [4.69, 9.17) is 37.9 Å². The van der Waals surface area contributed by atoms with E-state index in [1.54, 1.807) is 27.7 Å². The SMILES string of the molecule is CC(=O)O[C@@H]([C@H]1C[C@@H](C)[C@H]2[C@H](O1)[C@H](O)[C@@]1(C)[C@@H]3CC[C@H]4C(C)(C)[C@@H](O[C@@H]5OC[C@@H](O)[C@H](O)[C@H]5O)CC[C@@]45C[C@@]35CC[C@]21C)C(C)(C)O.CC(=O)O[C@@H]([C@H]1C[C@@H](C)[C@H]2[C@H](O1)[C@H](O)[C@@]1(C)[C@@H]3CC[C@H]4C(C)(C)[C@@H](O[C@@H]5OC[C@H](O)[C@H](O)[C@H]5O)CC[C@@]45C[C@@]35CC[C@]21C)C(C)(C)O. The molecule has 0 bridgehead atoms. The van der Waals surface area contributed by atoms with Crippen molar-refractivity contribution in [1.82, 2.24) is 0 Å². The normalized spacial score (nSPS) is 55.4. The Hall–Kier alpha value is -1.70. The van der Waals surface area contributed by atoms with Crippen LogP contribution in [-0.2, 0) is 47.5 Å². The van der Waals surface area contributed by atoms with Crippen LogP contribution in [0.4, 0.5) is 0 Å². The Morgan fingerprint density at radius 3 is 1.13 bits per heavy atom. The zero-order chi connectivity index (χ0) is 68.6. The maximum Gasteiger partial charge on any atom is 0.303 e.